The first-order valence-corrected chi connectivity index (χ1v) is 12.8. The summed E-state index contributed by atoms with van der Waals surface area (Å²) in [4.78, 5) is 4.72. The molecule has 0 aliphatic heterocycles. The molecule has 1 atom stereocenters. The number of aromatic nitrogens is 1. The highest BCUT2D eigenvalue weighted by molar-refractivity contribution is 7.15. The van der Waals surface area contributed by atoms with Crippen LogP contribution in [0.4, 0.5) is 31.5 Å². The lowest BCUT2D eigenvalue weighted by atomic mass is 10.2. The monoisotopic (exact) mass is 613 g/mol. The van der Waals surface area contributed by atoms with Crippen LogP contribution in [0.1, 0.15) is 29.5 Å². The van der Waals surface area contributed by atoms with Crippen LogP contribution in [0.25, 0.3) is 0 Å². The number of rotatable bonds is 11. The molecule has 1 heterocycles. The minimum Gasteiger partial charge on any atom is -0.354 e. The zero-order valence-corrected chi connectivity index (χ0v) is 22.5. The number of nitrogens with one attached hydrogen (secondary N) is 1. The lowest BCUT2D eigenvalue weighted by molar-refractivity contribution is -0.143. The van der Waals surface area contributed by atoms with Gasteiger partial charge < -0.3 is 5.32 Å². The van der Waals surface area contributed by atoms with E-state index in [1.54, 1.807) is 31.2 Å². The van der Waals surface area contributed by atoms with Crippen LogP contribution in [-0.2, 0) is 19.3 Å². The van der Waals surface area contributed by atoms with Gasteiger partial charge in [-0.1, -0.05) is 53.0 Å². The largest absolute Gasteiger partial charge is 0.434 e. The highest BCUT2D eigenvalue weighted by Gasteiger charge is 2.38. The second-order valence-electron chi connectivity index (χ2n) is 7.63. The van der Waals surface area contributed by atoms with Gasteiger partial charge >= 0.3 is 12.4 Å². The molecule has 0 saturated carbocycles. The second kappa shape index (κ2) is 13.6. The smallest absolute Gasteiger partial charge is 0.354 e. The fourth-order valence-electron chi connectivity index (χ4n) is 2.94. The Balaban J connectivity index is 2.30. The Morgan fingerprint density at radius 1 is 1.11 bits per heavy atom. The predicted octanol–water partition coefficient (Wildman–Crippen LogP) is 9.05. The molecule has 2 rings (SSSR count). The molecule has 0 amide bonds. The van der Waals surface area contributed by atoms with Crippen LogP contribution < -0.4 is 5.32 Å². The average molecular weight is 615 g/mol. The molecule has 1 unspecified atom stereocenters. The number of nitrogens with zero attached hydrogens (tertiary/aromatic N) is 2. The van der Waals surface area contributed by atoms with Crippen molar-refractivity contribution in [3.8, 4) is 0 Å². The molecule has 1 aromatic carbocycles. The number of anilines is 1. The molecule has 1 N–H and O–H groups in total. The first-order chi connectivity index (χ1) is 16.7. The van der Waals surface area contributed by atoms with Gasteiger partial charge in [0.25, 0.3) is 0 Å². The number of hydrogen-bond donors (Lipinski definition) is 1. The van der Waals surface area contributed by atoms with E-state index in [0.717, 1.165) is 0 Å². The Labute approximate surface area is 228 Å². The summed E-state index contributed by atoms with van der Waals surface area (Å²) in [6.45, 7) is 0.686. The number of benzene rings is 1. The number of allylic oxidation sites excluding steroid dienone is 3. The maximum atomic E-state index is 13.7. The van der Waals surface area contributed by atoms with Gasteiger partial charge in [-0.05, 0) is 30.7 Å². The van der Waals surface area contributed by atoms with E-state index in [4.69, 9.17) is 46.4 Å². The van der Waals surface area contributed by atoms with E-state index in [-0.39, 0.29) is 32.5 Å². The Hall–Kier alpha value is -1.17. The third kappa shape index (κ3) is 10.7. The van der Waals surface area contributed by atoms with Crippen LogP contribution in [0.5, 0.6) is 0 Å². The first kappa shape index (κ1) is 31.1. The SMILES string of the molecule is CC(Nc1nc(C(F)(F)F)c(CN(CCC(F)(F)F)Cc2ccc(Cl)cc2)s1)/C(Cl)=C\C(Cl)=C/CCl. The molecule has 0 radical (unpaired) electrons. The molecular weight excluding hydrogens is 594 g/mol. The molecule has 0 aliphatic rings. The third-order valence-electron chi connectivity index (χ3n) is 4.67. The zero-order valence-electron chi connectivity index (χ0n) is 18.7. The molecule has 36 heavy (non-hydrogen) atoms. The van der Waals surface area contributed by atoms with Crippen molar-refractivity contribution in [2.24, 2.45) is 0 Å². The molecule has 14 heteroatoms. The highest BCUT2D eigenvalue weighted by atomic mass is 35.5. The molecule has 3 nitrogen and oxygen atoms in total. The Kier molecular flexibility index (Phi) is 11.7. The number of alkyl halides is 7. The van der Waals surface area contributed by atoms with Gasteiger partial charge in [-0.25, -0.2) is 4.98 Å². The van der Waals surface area contributed by atoms with Crippen LogP contribution in [0.2, 0.25) is 5.02 Å². The van der Waals surface area contributed by atoms with Gasteiger partial charge in [-0.15, -0.1) is 22.9 Å². The van der Waals surface area contributed by atoms with E-state index < -0.39 is 43.6 Å². The maximum Gasteiger partial charge on any atom is 0.434 e. The average Bonchev–Trinajstić information content (AvgIpc) is 3.15. The number of halogens is 10. The number of thiazole rings is 1. The Morgan fingerprint density at radius 2 is 1.75 bits per heavy atom. The van der Waals surface area contributed by atoms with Crippen molar-refractivity contribution in [3.05, 3.63) is 67.6 Å². The van der Waals surface area contributed by atoms with Gasteiger partial charge in [0.05, 0.1) is 17.3 Å². The van der Waals surface area contributed by atoms with Crippen LogP contribution in [0.15, 0.2) is 46.5 Å². The fourth-order valence-corrected chi connectivity index (χ4v) is 4.84. The molecule has 0 aliphatic carbocycles. The molecule has 2 aromatic rings. The predicted molar refractivity (Wildman–Crippen MR) is 135 cm³/mol. The normalized spacial score (nSPS) is 14.4. The molecule has 0 saturated heterocycles. The zero-order chi connectivity index (χ0) is 27.1. The summed E-state index contributed by atoms with van der Waals surface area (Å²) in [5.74, 6) is 0.146. The fraction of sp³-hybridized carbons (Fsp3) is 0.409. The summed E-state index contributed by atoms with van der Waals surface area (Å²) in [7, 11) is 0. The van der Waals surface area contributed by atoms with E-state index in [0.29, 0.717) is 21.9 Å². The van der Waals surface area contributed by atoms with E-state index in [1.807, 2.05) is 0 Å². The topological polar surface area (TPSA) is 28.2 Å². The maximum absolute atomic E-state index is 13.7. The van der Waals surface area contributed by atoms with Crippen LogP contribution >= 0.6 is 57.7 Å². The minimum absolute atomic E-state index is 0.0123. The van der Waals surface area contributed by atoms with Crippen molar-refractivity contribution in [3.63, 3.8) is 0 Å². The van der Waals surface area contributed by atoms with E-state index in [1.165, 1.54) is 17.1 Å². The molecule has 0 bridgehead atoms. The Bertz CT molecular complexity index is 1050. The third-order valence-corrected chi connectivity index (χ3v) is 6.74. The first-order valence-electron chi connectivity index (χ1n) is 10.3. The van der Waals surface area contributed by atoms with Crippen molar-refractivity contribution in [1.29, 1.82) is 0 Å². The van der Waals surface area contributed by atoms with Gasteiger partial charge in [0.2, 0.25) is 0 Å². The van der Waals surface area contributed by atoms with E-state index in [9.17, 15) is 26.3 Å². The summed E-state index contributed by atoms with van der Waals surface area (Å²) in [5, 5.41) is 3.57. The summed E-state index contributed by atoms with van der Waals surface area (Å²) in [5.41, 5.74) is -0.569. The van der Waals surface area contributed by atoms with Crippen LogP contribution in [0, 0.1) is 0 Å². The second-order valence-corrected chi connectivity index (χ2v) is 10.3. The summed E-state index contributed by atoms with van der Waals surface area (Å²) < 4.78 is 79.9. The van der Waals surface area contributed by atoms with Crippen molar-refractivity contribution in [2.75, 3.05) is 17.7 Å². The lowest BCUT2D eigenvalue weighted by Gasteiger charge is -2.23. The summed E-state index contributed by atoms with van der Waals surface area (Å²) >= 11 is 24.2. The molecule has 0 spiro atoms. The molecule has 0 fully saturated rings. The van der Waals surface area contributed by atoms with Crippen LogP contribution in [-0.4, -0.2) is 34.5 Å². The van der Waals surface area contributed by atoms with Gasteiger partial charge in [0.1, 0.15) is 0 Å². The van der Waals surface area contributed by atoms with Gasteiger partial charge in [0, 0.05) is 40.6 Å². The lowest BCUT2D eigenvalue weighted by Crippen LogP contribution is -2.28. The summed E-state index contributed by atoms with van der Waals surface area (Å²) in [6, 6.07) is 5.67. The van der Waals surface area contributed by atoms with Gasteiger partial charge in [0.15, 0.2) is 10.8 Å². The van der Waals surface area contributed by atoms with Crippen molar-refractivity contribution in [2.45, 2.75) is 44.8 Å². The van der Waals surface area contributed by atoms with Gasteiger partial charge in [-0.3, -0.25) is 4.90 Å². The van der Waals surface area contributed by atoms with Crippen molar-refractivity contribution < 1.29 is 26.3 Å². The quantitative estimate of drug-likeness (QED) is 0.155. The molecular formula is C22H21Cl4F6N3S. The van der Waals surface area contributed by atoms with E-state index >= 15 is 0 Å². The molecule has 1 aromatic heterocycles. The minimum atomic E-state index is -4.81. The standard InChI is InChI=1S/C22H21Cl4F6N3S/c1-13(17(26)10-16(25)6-8-23)33-20-34-19(22(30,31)32)18(36-20)12-35(9-7-21(27,28)29)11-14-2-4-15(24)5-3-14/h2-6,10,13H,7-9,11-12H2,1H3,(H,33,34)/b16-6+,17-10+. The highest BCUT2D eigenvalue weighted by Crippen LogP contribution is 2.38. The molecule has 200 valence electrons. The van der Waals surface area contributed by atoms with Crippen molar-refractivity contribution >= 4 is 62.9 Å². The summed E-state index contributed by atoms with van der Waals surface area (Å²) in [6.07, 6.45) is -7.58. The number of hydrogen-bond acceptors (Lipinski definition) is 4. The van der Waals surface area contributed by atoms with Gasteiger partial charge in [-0.2, -0.15) is 26.3 Å². The van der Waals surface area contributed by atoms with E-state index in [2.05, 4.69) is 10.3 Å². The van der Waals surface area contributed by atoms with Crippen molar-refractivity contribution in [1.82, 2.24) is 9.88 Å². The van der Waals surface area contributed by atoms with Crippen LogP contribution in [0.3, 0.4) is 0 Å². The Morgan fingerprint density at radius 3 is 2.31 bits per heavy atom.